The van der Waals surface area contributed by atoms with Gasteiger partial charge in [0.2, 0.25) is 5.82 Å². The second kappa shape index (κ2) is 3.08. The number of hydrogen-bond donors (Lipinski definition) is 1. The number of aromatic nitrogens is 4. The predicted molar refractivity (Wildman–Crippen MR) is 53.1 cm³/mol. The normalized spacial score (nSPS) is 15.5. The Bertz CT molecular complexity index is 470. The quantitative estimate of drug-likeness (QED) is 0.810. The summed E-state index contributed by atoms with van der Waals surface area (Å²) in [4.78, 5) is 4.21. The van der Waals surface area contributed by atoms with Gasteiger partial charge in [0, 0.05) is 19.3 Å². The topological polar surface area (TPSA) is 68.8 Å². The first-order chi connectivity index (χ1) is 7.31. The van der Waals surface area contributed by atoms with Crippen LogP contribution in [0.4, 0.5) is 6.01 Å². The number of nitrogens with one attached hydrogen (secondary N) is 1. The fraction of sp³-hybridized carbons (Fsp3) is 0.444. The van der Waals surface area contributed by atoms with Gasteiger partial charge in [-0.15, -0.1) is 0 Å². The van der Waals surface area contributed by atoms with E-state index in [0.29, 0.717) is 17.9 Å². The van der Waals surface area contributed by atoms with Crippen molar-refractivity contribution in [2.75, 3.05) is 5.32 Å². The van der Waals surface area contributed by atoms with Crippen LogP contribution in [0.25, 0.3) is 11.5 Å². The SMILES string of the molecule is Cn1ccc(-c2noc(NC3CC3)n2)n1. The van der Waals surface area contributed by atoms with Crippen LogP contribution in [0.1, 0.15) is 12.8 Å². The van der Waals surface area contributed by atoms with Crippen molar-refractivity contribution < 1.29 is 4.52 Å². The Kier molecular flexibility index (Phi) is 1.74. The summed E-state index contributed by atoms with van der Waals surface area (Å²) in [6.07, 6.45) is 4.21. The first kappa shape index (κ1) is 8.46. The van der Waals surface area contributed by atoms with Crippen LogP contribution in [0, 0.1) is 0 Å². The van der Waals surface area contributed by atoms with Gasteiger partial charge in [-0.1, -0.05) is 5.16 Å². The zero-order valence-corrected chi connectivity index (χ0v) is 8.34. The number of hydrogen-bond acceptors (Lipinski definition) is 5. The molecule has 1 fully saturated rings. The smallest absolute Gasteiger partial charge is 0.322 e. The van der Waals surface area contributed by atoms with Crippen molar-refractivity contribution in [3.05, 3.63) is 12.3 Å². The zero-order chi connectivity index (χ0) is 10.3. The predicted octanol–water partition coefficient (Wildman–Crippen LogP) is 1.04. The van der Waals surface area contributed by atoms with Gasteiger partial charge in [0.15, 0.2) is 0 Å². The Morgan fingerprint density at radius 2 is 2.40 bits per heavy atom. The molecule has 2 aromatic heterocycles. The summed E-state index contributed by atoms with van der Waals surface area (Å²) in [6.45, 7) is 0. The average Bonchev–Trinajstić information content (AvgIpc) is 2.74. The highest BCUT2D eigenvalue weighted by molar-refractivity contribution is 5.49. The van der Waals surface area contributed by atoms with Crippen LogP contribution in [0.15, 0.2) is 16.8 Å². The Labute approximate surface area is 86.3 Å². The van der Waals surface area contributed by atoms with E-state index in [4.69, 9.17) is 4.52 Å². The summed E-state index contributed by atoms with van der Waals surface area (Å²) in [6, 6.07) is 2.85. The molecular weight excluding hydrogens is 194 g/mol. The van der Waals surface area contributed by atoms with E-state index >= 15 is 0 Å². The fourth-order valence-corrected chi connectivity index (χ4v) is 1.32. The summed E-state index contributed by atoms with van der Waals surface area (Å²) >= 11 is 0. The maximum absolute atomic E-state index is 5.06. The van der Waals surface area contributed by atoms with Gasteiger partial charge in [0.1, 0.15) is 5.69 Å². The molecule has 1 N–H and O–H groups in total. The van der Waals surface area contributed by atoms with Crippen molar-refractivity contribution in [2.24, 2.45) is 7.05 Å². The summed E-state index contributed by atoms with van der Waals surface area (Å²) < 4.78 is 6.77. The van der Waals surface area contributed by atoms with Crippen LogP contribution in [0.5, 0.6) is 0 Å². The van der Waals surface area contributed by atoms with E-state index in [1.165, 1.54) is 12.8 Å². The van der Waals surface area contributed by atoms with Crippen molar-refractivity contribution in [2.45, 2.75) is 18.9 Å². The first-order valence-corrected chi connectivity index (χ1v) is 4.91. The third-order valence-electron chi connectivity index (χ3n) is 2.27. The van der Waals surface area contributed by atoms with Crippen LogP contribution in [-0.4, -0.2) is 26.0 Å². The minimum Gasteiger partial charge on any atom is -0.335 e. The molecule has 0 spiro atoms. The Hall–Kier alpha value is -1.85. The van der Waals surface area contributed by atoms with Gasteiger partial charge in [-0.2, -0.15) is 10.1 Å². The molecule has 0 atom stereocenters. The van der Waals surface area contributed by atoms with Crippen molar-refractivity contribution in [1.82, 2.24) is 19.9 Å². The maximum Gasteiger partial charge on any atom is 0.322 e. The molecule has 6 heteroatoms. The van der Waals surface area contributed by atoms with Crippen LogP contribution in [-0.2, 0) is 7.05 Å². The molecule has 0 aliphatic heterocycles. The third kappa shape index (κ3) is 1.70. The fourth-order valence-electron chi connectivity index (χ4n) is 1.32. The van der Waals surface area contributed by atoms with Crippen LogP contribution in [0.2, 0.25) is 0 Å². The van der Waals surface area contributed by atoms with Gasteiger partial charge >= 0.3 is 6.01 Å². The molecule has 0 amide bonds. The lowest BCUT2D eigenvalue weighted by atomic mass is 10.4. The molecule has 2 aromatic rings. The van der Waals surface area contributed by atoms with Crippen LogP contribution in [0.3, 0.4) is 0 Å². The first-order valence-electron chi connectivity index (χ1n) is 4.91. The minimum atomic E-state index is 0.484. The molecule has 2 heterocycles. The van der Waals surface area contributed by atoms with Crippen LogP contribution < -0.4 is 5.32 Å². The second-order valence-electron chi connectivity index (χ2n) is 3.72. The van der Waals surface area contributed by atoms with Gasteiger partial charge in [0.05, 0.1) is 0 Å². The lowest BCUT2D eigenvalue weighted by Crippen LogP contribution is -2.00. The van der Waals surface area contributed by atoms with Crippen molar-refractivity contribution in [3.63, 3.8) is 0 Å². The van der Waals surface area contributed by atoms with Crippen molar-refractivity contribution in [1.29, 1.82) is 0 Å². The van der Waals surface area contributed by atoms with E-state index in [2.05, 4.69) is 20.6 Å². The minimum absolute atomic E-state index is 0.484. The van der Waals surface area contributed by atoms with Crippen LogP contribution >= 0.6 is 0 Å². The second-order valence-corrected chi connectivity index (χ2v) is 3.72. The highest BCUT2D eigenvalue weighted by atomic mass is 16.5. The molecule has 1 saturated carbocycles. The monoisotopic (exact) mass is 205 g/mol. The molecule has 0 saturated heterocycles. The Morgan fingerprint density at radius 3 is 3.07 bits per heavy atom. The Morgan fingerprint density at radius 1 is 1.53 bits per heavy atom. The molecular formula is C9H11N5O. The molecule has 6 nitrogen and oxygen atoms in total. The molecule has 78 valence electrons. The average molecular weight is 205 g/mol. The van der Waals surface area contributed by atoms with E-state index < -0.39 is 0 Å². The van der Waals surface area contributed by atoms with E-state index in [0.717, 1.165) is 5.69 Å². The molecule has 0 unspecified atom stereocenters. The van der Waals surface area contributed by atoms with E-state index in [1.54, 1.807) is 4.68 Å². The largest absolute Gasteiger partial charge is 0.335 e. The maximum atomic E-state index is 5.06. The molecule has 0 radical (unpaired) electrons. The number of anilines is 1. The summed E-state index contributed by atoms with van der Waals surface area (Å²) in [5.41, 5.74) is 0.727. The summed E-state index contributed by atoms with van der Waals surface area (Å²) in [5.74, 6) is 0.527. The summed E-state index contributed by atoms with van der Waals surface area (Å²) in [5, 5.41) is 11.2. The third-order valence-corrected chi connectivity index (χ3v) is 2.27. The molecule has 15 heavy (non-hydrogen) atoms. The Balaban J connectivity index is 1.82. The molecule has 0 bridgehead atoms. The number of aryl methyl sites for hydroxylation is 1. The lowest BCUT2D eigenvalue weighted by Gasteiger charge is -1.92. The van der Waals surface area contributed by atoms with Gasteiger partial charge in [-0.25, -0.2) is 0 Å². The standard InChI is InChI=1S/C9H11N5O/c1-14-5-4-7(12-14)8-11-9(15-13-8)10-6-2-3-6/h4-6H,2-3H2,1H3,(H,10,11,13). The van der Waals surface area contributed by atoms with E-state index in [1.807, 2.05) is 19.3 Å². The highest BCUT2D eigenvalue weighted by Crippen LogP contribution is 2.24. The van der Waals surface area contributed by atoms with Gasteiger partial charge in [-0.3, -0.25) is 4.68 Å². The number of rotatable bonds is 3. The van der Waals surface area contributed by atoms with Gasteiger partial charge in [-0.05, 0) is 18.9 Å². The van der Waals surface area contributed by atoms with Crippen molar-refractivity contribution in [3.8, 4) is 11.5 Å². The van der Waals surface area contributed by atoms with Gasteiger partial charge < -0.3 is 9.84 Å². The lowest BCUT2D eigenvalue weighted by molar-refractivity contribution is 0.431. The highest BCUT2D eigenvalue weighted by Gasteiger charge is 2.23. The molecule has 1 aliphatic rings. The zero-order valence-electron chi connectivity index (χ0n) is 8.34. The molecule has 0 aromatic carbocycles. The van der Waals surface area contributed by atoms with Crippen molar-refractivity contribution >= 4 is 6.01 Å². The summed E-state index contributed by atoms with van der Waals surface area (Å²) in [7, 11) is 1.85. The molecule has 3 rings (SSSR count). The van der Waals surface area contributed by atoms with E-state index in [-0.39, 0.29) is 0 Å². The van der Waals surface area contributed by atoms with Gasteiger partial charge in [0.25, 0.3) is 0 Å². The molecule has 1 aliphatic carbocycles. The number of nitrogens with zero attached hydrogens (tertiary/aromatic N) is 4. The van der Waals surface area contributed by atoms with E-state index in [9.17, 15) is 0 Å².